The Hall–Kier alpha value is -3.68. The number of piperidine rings is 1. The van der Waals surface area contributed by atoms with Crippen molar-refractivity contribution in [3.05, 3.63) is 89.0 Å². The number of benzene rings is 3. The first-order valence-corrected chi connectivity index (χ1v) is 18.8. The zero-order valence-electron chi connectivity index (χ0n) is 28.8. The summed E-state index contributed by atoms with van der Waals surface area (Å²) in [5.41, 5.74) is 3.91. The summed E-state index contributed by atoms with van der Waals surface area (Å²) in [6, 6.07) is 22.4. The number of nitrogens with zero attached hydrogens (tertiary/aromatic N) is 2. The molecule has 0 amide bonds. The molecule has 49 heavy (non-hydrogen) atoms. The number of Topliss-reactive ketones (excluding diaryl/α,β-unsaturated/α-hetero) is 1. The Kier molecular flexibility index (Phi) is 9.00. The molecule has 3 fully saturated rings. The van der Waals surface area contributed by atoms with Crippen molar-refractivity contribution in [1.82, 2.24) is 9.80 Å². The maximum Gasteiger partial charge on any atom is 0.308 e. The number of aryl methyl sites for hydroxylation is 1. The number of hydrogen-bond acceptors (Lipinski definition) is 7. The van der Waals surface area contributed by atoms with Gasteiger partial charge in [0.15, 0.2) is 17.3 Å². The number of phenols is 1. The largest absolute Gasteiger partial charge is 0.508 e. The first kappa shape index (κ1) is 32.5. The fourth-order valence-corrected chi connectivity index (χ4v) is 10.0. The monoisotopic (exact) mass is 662 g/mol. The van der Waals surface area contributed by atoms with Crippen LogP contribution in [0.15, 0.2) is 66.7 Å². The minimum absolute atomic E-state index is 0.0366. The van der Waals surface area contributed by atoms with Crippen molar-refractivity contribution in [1.29, 1.82) is 0 Å². The molecule has 5 aliphatic rings. The summed E-state index contributed by atoms with van der Waals surface area (Å²) in [6.07, 6.45) is 11.8. The van der Waals surface area contributed by atoms with Gasteiger partial charge < -0.3 is 14.6 Å². The van der Waals surface area contributed by atoms with Crippen LogP contribution in [-0.4, -0.2) is 71.0 Å². The summed E-state index contributed by atoms with van der Waals surface area (Å²) in [6.45, 7) is 4.73. The quantitative estimate of drug-likeness (QED) is 0.0852. The standard InChI is InChI=1S/C42H50N2O5/c1-28(45)48-38-25-36(46)32-24-35-33-19-20-34(41-42(33,39(32)40(38)49-41)21-23-44(35)26-30-17-18-30)43(27-37(47)31-15-9-5-10-16-31)22-11-3-2-6-12-29-13-7-4-8-14-29/h4-5,7-10,13-16,25,30,33-35,41,46H,2-3,6,11-12,17-24,26-27H2,1H3/t33-,34+,35+,41-,42-/m0/s1. The van der Waals surface area contributed by atoms with E-state index in [2.05, 4.69) is 40.1 Å². The summed E-state index contributed by atoms with van der Waals surface area (Å²) in [5.74, 6) is 2.10. The van der Waals surface area contributed by atoms with Crippen molar-refractivity contribution >= 4 is 11.8 Å². The van der Waals surface area contributed by atoms with Crippen molar-refractivity contribution in [2.45, 2.75) is 101 Å². The van der Waals surface area contributed by atoms with E-state index in [9.17, 15) is 14.7 Å². The Labute approximate surface area is 290 Å². The van der Waals surface area contributed by atoms with E-state index in [1.807, 2.05) is 30.3 Å². The van der Waals surface area contributed by atoms with Gasteiger partial charge in [-0.1, -0.05) is 73.5 Å². The summed E-state index contributed by atoms with van der Waals surface area (Å²) >= 11 is 0. The number of likely N-dealkylation sites (tertiary alicyclic amines) is 1. The highest BCUT2D eigenvalue weighted by Crippen LogP contribution is 2.66. The van der Waals surface area contributed by atoms with E-state index in [0.717, 1.165) is 100 Å². The molecule has 7 heteroatoms. The van der Waals surface area contributed by atoms with Gasteiger partial charge in [-0.05, 0) is 88.3 Å². The van der Waals surface area contributed by atoms with Gasteiger partial charge in [-0.3, -0.25) is 19.4 Å². The number of phenolic OH excluding ortho intramolecular Hbond substituents is 1. The minimum atomic E-state index is -0.421. The van der Waals surface area contributed by atoms with Crippen molar-refractivity contribution in [3.8, 4) is 17.2 Å². The molecule has 1 spiro atoms. The number of carbonyl (C=O) groups excluding carboxylic acids is 2. The Morgan fingerprint density at radius 1 is 0.980 bits per heavy atom. The first-order chi connectivity index (χ1) is 23.9. The maximum absolute atomic E-state index is 13.8. The predicted molar refractivity (Wildman–Crippen MR) is 189 cm³/mol. The van der Waals surface area contributed by atoms with Gasteiger partial charge in [0.25, 0.3) is 0 Å². The van der Waals surface area contributed by atoms with Crippen LogP contribution < -0.4 is 9.47 Å². The molecule has 0 aromatic heterocycles. The number of unbranched alkanes of at least 4 members (excludes halogenated alkanes) is 3. The smallest absolute Gasteiger partial charge is 0.308 e. The molecule has 7 nitrogen and oxygen atoms in total. The van der Waals surface area contributed by atoms with Crippen molar-refractivity contribution < 1.29 is 24.2 Å². The number of carbonyl (C=O) groups is 2. The third-order valence-electron chi connectivity index (χ3n) is 12.4. The number of ether oxygens (including phenoxy) is 2. The SMILES string of the molecule is CC(=O)Oc1cc(O)c2c3c1O[C@H]1[C@H](N(CCCCCCc4ccccc4)CC(=O)c4ccccc4)CC[C@H]4[C@@H](C2)N(CC2CC2)CC[C@@]341. The van der Waals surface area contributed by atoms with Crippen LogP contribution >= 0.6 is 0 Å². The predicted octanol–water partition coefficient (Wildman–Crippen LogP) is 7.12. The van der Waals surface area contributed by atoms with Gasteiger partial charge in [0.1, 0.15) is 11.9 Å². The molecule has 3 aliphatic carbocycles. The van der Waals surface area contributed by atoms with E-state index in [4.69, 9.17) is 9.47 Å². The lowest BCUT2D eigenvalue weighted by atomic mass is 9.50. The van der Waals surface area contributed by atoms with Crippen molar-refractivity contribution in [2.24, 2.45) is 11.8 Å². The molecule has 1 N–H and O–H groups in total. The molecule has 5 atom stereocenters. The molecular weight excluding hydrogens is 612 g/mol. The summed E-state index contributed by atoms with van der Waals surface area (Å²) < 4.78 is 12.8. The molecule has 0 unspecified atom stereocenters. The van der Waals surface area contributed by atoms with Gasteiger partial charge in [-0.25, -0.2) is 0 Å². The highest BCUT2D eigenvalue weighted by molar-refractivity contribution is 5.97. The van der Waals surface area contributed by atoms with E-state index in [1.54, 1.807) is 6.07 Å². The summed E-state index contributed by atoms with van der Waals surface area (Å²) in [7, 11) is 0. The molecule has 2 heterocycles. The second-order valence-corrected chi connectivity index (χ2v) is 15.4. The van der Waals surface area contributed by atoms with Crippen molar-refractivity contribution in [3.63, 3.8) is 0 Å². The second kappa shape index (κ2) is 13.6. The summed E-state index contributed by atoms with van der Waals surface area (Å²) in [5, 5.41) is 11.5. The molecule has 2 bridgehead atoms. The van der Waals surface area contributed by atoms with E-state index in [0.29, 0.717) is 30.0 Å². The Morgan fingerprint density at radius 3 is 2.49 bits per heavy atom. The second-order valence-electron chi connectivity index (χ2n) is 15.4. The highest BCUT2D eigenvalue weighted by atomic mass is 16.6. The Bertz CT molecular complexity index is 1670. The van der Waals surface area contributed by atoms with Gasteiger partial charge in [0.05, 0.1) is 6.54 Å². The van der Waals surface area contributed by atoms with Gasteiger partial charge >= 0.3 is 5.97 Å². The topological polar surface area (TPSA) is 79.3 Å². The van der Waals surface area contributed by atoms with E-state index >= 15 is 0 Å². The fraction of sp³-hybridized carbons (Fsp3) is 0.524. The number of rotatable bonds is 14. The zero-order chi connectivity index (χ0) is 33.5. The Morgan fingerprint density at radius 2 is 1.73 bits per heavy atom. The van der Waals surface area contributed by atoms with Crippen LogP contribution in [0.1, 0.15) is 91.8 Å². The van der Waals surface area contributed by atoms with Crippen LogP contribution in [0.25, 0.3) is 0 Å². The Balaban J connectivity index is 1.09. The number of aromatic hydroxyl groups is 1. The molecule has 2 aliphatic heterocycles. The zero-order valence-corrected chi connectivity index (χ0v) is 28.8. The van der Waals surface area contributed by atoms with E-state index < -0.39 is 5.97 Å². The van der Waals surface area contributed by atoms with Crippen LogP contribution in [0.4, 0.5) is 0 Å². The highest BCUT2D eigenvalue weighted by Gasteiger charge is 2.67. The van der Waals surface area contributed by atoms with Gasteiger partial charge in [0.2, 0.25) is 0 Å². The number of esters is 1. The summed E-state index contributed by atoms with van der Waals surface area (Å²) in [4.78, 5) is 31.2. The maximum atomic E-state index is 13.8. The average molecular weight is 663 g/mol. The third kappa shape index (κ3) is 6.18. The lowest BCUT2D eigenvalue weighted by Gasteiger charge is -2.60. The first-order valence-electron chi connectivity index (χ1n) is 18.8. The molecule has 258 valence electrons. The molecule has 3 aromatic carbocycles. The number of ketones is 1. The lowest BCUT2D eigenvalue weighted by molar-refractivity contribution is -0.132. The van der Waals surface area contributed by atoms with Crippen LogP contribution in [0.3, 0.4) is 0 Å². The van der Waals surface area contributed by atoms with E-state index in [-0.39, 0.29) is 29.1 Å². The van der Waals surface area contributed by atoms with Crippen LogP contribution in [0.2, 0.25) is 0 Å². The van der Waals surface area contributed by atoms with Crippen LogP contribution in [0.5, 0.6) is 17.2 Å². The molecule has 8 rings (SSSR count). The molecule has 3 aromatic rings. The molecular formula is C42H50N2O5. The van der Waals surface area contributed by atoms with Crippen LogP contribution in [0, 0.1) is 11.8 Å². The van der Waals surface area contributed by atoms with E-state index in [1.165, 1.54) is 25.3 Å². The van der Waals surface area contributed by atoms with Crippen LogP contribution in [-0.2, 0) is 23.1 Å². The average Bonchev–Trinajstić information content (AvgIpc) is 3.86. The molecule has 2 saturated carbocycles. The molecule has 0 radical (unpaired) electrons. The number of hydrogen-bond donors (Lipinski definition) is 1. The van der Waals surface area contributed by atoms with Gasteiger partial charge in [-0.2, -0.15) is 0 Å². The minimum Gasteiger partial charge on any atom is -0.508 e. The normalized spacial score (nSPS) is 26.7. The molecule has 1 saturated heterocycles. The van der Waals surface area contributed by atoms with Gasteiger partial charge in [-0.15, -0.1) is 0 Å². The third-order valence-corrected chi connectivity index (χ3v) is 12.4. The van der Waals surface area contributed by atoms with Gasteiger partial charge in [0, 0.05) is 53.7 Å². The lowest BCUT2D eigenvalue weighted by Crippen LogP contribution is -2.69. The fourth-order valence-electron chi connectivity index (χ4n) is 10.0. The van der Waals surface area contributed by atoms with Crippen molar-refractivity contribution in [2.75, 3.05) is 26.2 Å².